The number of hydrogen-bond donors (Lipinski definition) is 3. The number of carbonyl (C=O) groups is 4. The molecule has 35 heavy (non-hydrogen) atoms. The Morgan fingerprint density at radius 2 is 1.91 bits per heavy atom. The minimum Gasteiger partial charge on any atom is -0.356 e. The smallest absolute Gasteiger partial charge is 0.356 e. The zero-order valence-corrected chi connectivity index (χ0v) is 20.0. The van der Waals surface area contributed by atoms with Gasteiger partial charge in [0.25, 0.3) is 0 Å². The molecule has 0 spiro atoms. The van der Waals surface area contributed by atoms with Crippen LogP contribution in [-0.4, -0.2) is 71.0 Å². The molecule has 3 fully saturated rings. The standard InChI is InChI=1S/C21H26ClF4N5O4/c1-19(2,3)14(30-18(35)21(24,25)26)17(34)31-8-11-12(20(11,22)23)13(31)16(33)29-10(7-27)6-9-4-5-28-15(9)32/h9-14H,4-6,8H2,1-3H3,(H,28,32)(H,29,33)(H,30,35)/t9-,10-,11-,12-,13-,14+,20?/m0/s1. The number of nitrogens with zero attached hydrogens (tertiary/aromatic N) is 2. The molecule has 1 unspecified atom stereocenters. The van der Waals surface area contributed by atoms with E-state index in [-0.39, 0.29) is 18.9 Å². The lowest BCUT2D eigenvalue weighted by Gasteiger charge is -2.37. The predicted molar refractivity (Wildman–Crippen MR) is 113 cm³/mol. The lowest BCUT2D eigenvalue weighted by molar-refractivity contribution is -0.176. The Balaban J connectivity index is 1.81. The molecule has 3 rings (SSSR count). The first-order valence-electron chi connectivity index (χ1n) is 11.0. The van der Waals surface area contributed by atoms with Crippen LogP contribution in [0, 0.1) is 34.5 Å². The second kappa shape index (κ2) is 9.11. The van der Waals surface area contributed by atoms with Crippen molar-refractivity contribution in [1.29, 1.82) is 5.26 Å². The normalized spacial score (nSPS) is 31.6. The fourth-order valence-corrected chi connectivity index (χ4v) is 5.13. The molecule has 4 amide bonds. The average molecular weight is 524 g/mol. The molecule has 2 saturated heterocycles. The number of nitriles is 1. The summed E-state index contributed by atoms with van der Waals surface area (Å²) >= 11 is 5.84. The molecule has 3 N–H and O–H groups in total. The van der Waals surface area contributed by atoms with Crippen molar-refractivity contribution in [2.24, 2.45) is 23.2 Å². The highest BCUT2D eigenvalue weighted by atomic mass is 35.5. The van der Waals surface area contributed by atoms with Crippen molar-refractivity contribution < 1.29 is 36.7 Å². The third-order valence-electron chi connectivity index (χ3n) is 6.69. The molecule has 2 heterocycles. The van der Waals surface area contributed by atoms with E-state index < -0.39 is 70.3 Å². The van der Waals surface area contributed by atoms with Crippen molar-refractivity contribution in [3.8, 4) is 6.07 Å². The monoisotopic (exact) mass is 523 g/mol. The zero-order chi connectivity index (χ0) is 26.5. The summed E-state index contributed by atoms with van der Waals surface area (Å²) in [6.07, 6.45) is -4.78. The van der Waals surface area contributed by atoms with Crippen LogP contribution in [0.25, 0.3) is 0 Å². The molecule has 0 bridgehead atoms. The highest BCUT2D eigenvalue weighted by Gasteiger charge is 2.76. The van der Waals surface area contributed by atoms with Gasteiger partial charge in [-0.05, 0) is 18.3 Å². The second-order valence-electron chi connectivity index (χ2n) is 10.2. The van der Waals surface area contributed by atoms with Gasteiger partial charge in [0.15, 0.2) is 5.13 Å². The highest BCUT2D eigenvalue weighted by molar-refractivity contribution is 6.26. The van der Waals surface area contributed by atoms with Gasteiger partial charge in [0, 0.05) is 30.8 Å². The number of piperidine rings is 1. The van der Waals surface area contributed by atoms with Crippen LogP contribution in [-0.2, 0) is 19.2 Å². The SMILES string of the molecule is CC(C)(C)[C@H](NC(=O)C(F)(F)F)C(=O)N1C[C@H]2[C@@H]([C@H]1C(=O)N[C@H](C#N)C[C@@H]1CCNC1=O)C2(F)Cl. The number of rotatable bonds is 6. The van der Waals surface area contributed by atoms with Gasteiger partial charge in [0.2, 0.25) is 17.7 Å². The number of alkyl halides is 5. The number of fused-ring (bicyclic) bond motifs is 1. The number of nitrogens with one attached hydrogen (secondary N) is 3. The van der Waals surface area contributed by atoms with Crippen LogP contribution in [0.3, 0.4) is 0 Å². The summed E-state index contributed by atoms with van der Waals surface area (Å²) in [5.41, 5.74) is -1.19. The summed E-state index contributed by atoms with van der Waals surface area (Å²) in [6, 6.07) is -2.45. The van der Waals surface area contributed by atoms with E-state index >= 15 is 0 Å². The molecule has 9 nitrogen and oxygen atoms in total. The molecule has 0 radical (unpaired) electrons. The fraction of sp³-hybridized carbons (Fsp3) is 0.762. The quantitative estimate of drug-likeness (QED) is 0.353. The van der Waals surface area contributed by atoms with Crippen LogP contribution in [0.4, 0.5) is 17.6 Å². The molecule has 2 aliphatic heterocycles. The van der Waals surface area contributed by atoms with E-state index in [4.69, 9.17) is 11.6 Å². The maximum atomic E-state index is 14.7. The number of likely N-dealkylation sites (tertiary alicyclic amines) is 1. The molecule has 1 aliphatic carbocycles. The van der Waals surface area contributed by atoms with Crippen LogP contribution >= 0.6 is 11.6 Å². The molecule has 0 aromatic carbocycles. The molecule has 0 aromatic heterocycles. The van der Waals surface area contributed by atoms with Gasteiger partial charge in [0.05, 0.1) is 6.07 Å². The first-order chi connectivity index (χ1) is 16.0. The summed E-state index contributed by atoms with van der Waals surface area (Å²) < 4.78 is 53.3. The van der Waals surface area contributed by atoms with E-state index in [0.717, 1.165) is 4.90 Å². The first-order valence-corrected chi connectivity index (χ1v) is 11.4. The Morgan fingerprint density at radius 1 is 1.29 bits per heavy atom. The highest BCUT2D eigenvalue weighted by Crippen LogP contribution is 2.64. The number of carbonyl (C=O) groups excluding carboxylic acids is 4. The van der Waals surface area contributed by atoms with Gasteiger partial charge in [0.1, 0.15) is 18.1 Å². The molecule has 0 aromatic rings. The minimum atomic E-state index is -5.25. The third-order valence-corrected chi connectivity index (χ3v) is 7.22. The number of hydrogen-bond acceptors (Lipinski definition) is 5. The van der Waals surface area contributed by atoms with Gasteiger partial charge in [-0.15, -0.1) is 0 Å². The molecular weight excluding hydrogens is 498 g/mol. The van der Waals surface area contributed by atoms with Crippen molar-refractivity contribution in [2.75, 3.05) is 13.1 Å². The summed E-state index contributed by atoms with van der Waals surface area (Å²) in [5.74, 6) is -7.09. The third kappa shape index (κ3) is 5.32. The lowest BCUT2D eigenvalue weighted by Crippen LogP contribution is -2.61. The van der Waals surface area contributed by atoms with Gasteiger partial charge < -0.3 is 20.9 Å². The van der Waals surface area contributed by atoms with Crippen LogP contribution in [0.5, 0.6) is 0 Å². The Bertz CT molecular complexity index is 961. The maximum Gasteiger partial charge on any atom is 0.471 e. The summed E-state index contributed by atoms with van der Waals surface area (Å²) in [6.45, 7) is 4.36. The minimum absolute atomic E-state index is 0.00324. The topological polar surface area (TPSA) is 131 Å². The van der Waals surface area contributed by atoms with Crippen LogP contribution in [0.1, 0.15) is 33.6 Å². The number of halogens is 5. The van der Waals surface area contributed by atoms with Crippen molar-refractivity contribution >= 4 is 35.2 Å². The molecular formula is C21H26ClF4N5O4. The van der Waals surface area contributed by atoms with Crippen molar-refractivity contribution in [1.82, 2.24) is 20.9 Å². The van der Waals surface area contributed by atoms with Gasteiger partial charge in [-0.3, -0.25) is 19.2 Å². The van der Waals surface area contributed by atoms with Crippen LogP contribution in [0.2, 0.25) is 0 Å². The summed E-state index contributed by atoms with van der Waals surface area (Å²) in [5, 5.41) is 13.9. The lowest BCUT2D eigenvalue weighted by atomic mass is 9.85. The van der Waals surface area contributed by atoms with Gasteiger partial charge in [-0.2, -0.15) is 18.4 Å². The van der Waals surface area contributed by atoms with Crippen molar-refractivity contribution in [2.45, 2.75) is 63.0 Å². The van der Waals surface area contributed by atoms with E-state index in [2.05, 4.69) is 10.6 Å². The molecule has 1 saturated carbocycles. The Morgan fingerprint density at radius 3 is 2.40 bits per heavy atom. The zero-order valence-electron chi connectivity index (χ0n) is 19.2. The van der Waals surface area contributed by atoms with Gasteiger partial charge in [-0.1, -0.05) is 32.4 Å². The van der Waals surface area contributed by atoms with Crippen LogP contribution in [0.15, 0.2) is 0 Å². The Kier molecular flexibility index (Phi) is 7.02. The van der Waals surface area contributed by atoms with E-state index in [1.807, 2.05) is 6.07 Å². The fourth-order valence-electron chi connectivity index (χ4n) is 4.72. The van der Waals surface area contributed by atoms with E-state index in [1.54, 1.807) is 5.32 Å². The van der Waals surface area contributed by atoms with Gasteiger partial charge >= 0.3 is 12.1 Å². The van der Waals surface area contributed by atoms with Crippen molar-refractivity contribution in [3.05, 3.63) is 0 Å². The second-order valence-corrected chi connectivity index (χ2v) is 10.8. The van der Waals surface area contributed by atoms with E-state index in [0.29, 0.717) is 13.0 Å². The average Bonchev–Trinajstić information content (AvgIpc) is 3.10. The van der Waals surface area contributed by atoms with Crippen molar-refractivity contribution in [3.63, 3.8) is 0 Å². The molecule has 3 aliphatic rings. The predicted octanol–water partition coefficient (Wildman–Crippen LogP) is 0.976. The molecule has 7 atom stereocenters. The summed E-state index contributed by atoms with van der Waals surface area (Å²) in [4.78, 5) is 50.7. The van der Waals surface area contributed by atoms with E-state index in [9.17, 15) is 42.0 Å². The van der Waals surface area contributed by atoms with Crippen LogP contribution < -0.4 is 16.0 Å². The Labute approximate surface area is 203 Å². The molecule has 194 valence electrons. The maximum absolute atomic E-state index is 14.7. The van der Waals surface area contributed by atoms with E-state index in [1.165, 1.54) is 20.8 Å². The van der Waals surface area contributed by atoms with Gasteiger partial charge in [-0.25, -0.2) is 4.39 Å². The Hall–Kier alpha value is -2.62. The first kappa shape index (κ1) is 27.0. The number of amides is 4. The molecule has 14 heteroatoms. The largest absolute Gasteiger partial charge is 0.471 e. The summed E-state index contributed by atoms with van der Waals surface area (Å²) in [7, 11) is 0.